The second-order valence-electron chi connectivity index (χ2n) is 7.77. The highest BCUT2D eigenvalue weighted by Gasteiger charge is 2.29. The maximum Gasteiger partial charge on any atom is 0.228 e. The first kappa shape index (κ1) is 21.4. The third kappa shape index (κ3) is 4.67. The van der Waals surface area contributed by atoms with Gasteiger partial charge in [0.1, 0.15) is 12.7 Å². The fourth-order valence-corrected chi connectivity index (χ4v) is 3.72. The van der Waals surface area contributed by atoms with Crippen LogP contribution in [0.1, 0.15) is 11.1 Å². The highest BCUT2D eigenvalue weighted by Crippen LogP contribution is 2.19. The van der Waals surface area contributed by atoms with E-state index in [1.165, 1.54) is 12.7 Å². The molecule has 0 bridgehead atoms. The van der Waals surface area contributed by atoms with Crippen molar-refractivity contribution in [2.24, 2.45) is 7.05 Å². The van der Waals surface area contributed by atoms with Crippen LogP contribution < -0.4 is 9.80 Å². The number of anilines is 2. The van der Waals surface area contributed by atoms with Crippen LogP contribution in [0.25, 0.3) is 11.3 Å². The topological polar surface area (TPSA) is 122 Å². The van der Waals surface area contributed by atoms with E-state index in [-0.39, 0.29) is 12.6 Å². The monoisotopic (exact) mass is 454 g/mol. The van der Waals surface area contributed by atoms with Gasteiger partial charge in [0.25, 0.3) is 0 Å². The Morgan fingerprint density at radius 2 is 1.68 bits per heavy atom. The Bertz CT molecular complexity index is 1300. The number of pyridine rings is 1. The van der Waals surface area contributed by atoms with Gasteiger partial charge in [-0.2, -0.15) is 5.10 Å². The van der Waals surface area contributed by atoms with Crippen molar-refractivity contribution in [1.82, 2.24) is 39.7 Å². The van der Waals surface area contributed by atoms with Crippen LogP contribution in [0.5, 0.6) is 0 Å². The molecule has 4 aromatic heterocycles. The Labute approximate surface area is 196 Å². The van der Waals surface area contributed by atoms with Crippen LogP contribution in [-0.4, -0.2) is 77.1 Å². The fraction of sp³-hybridized carbons (Fsp3) is 0.261. The first-order chi connectivity index (χ1) is 16.7. The number of hydrogen-bond donors (Lipinski definition) is 1. The molecule has 1 aliphatic heterocycles. The Hall–Kier alpha value is -4.43. The first-order valence-electron chi connectivity index (χ1n) is 10.7. The number of piperazine rings is 1. The first-order valence-corrected chi connectivity index (χ1v) is 10.7. The summed E-state index contributed by atoms with van der Waals surface area (Å²) in [6.45, 7) is 1.85. The molecule has 4 aromatic rings. The molecule has 0 aliphatic carbocycles. The summed E-state index contributed by atoms with van der Waals surface area (Å²) in [5.74, 6) is 7.34. The van der Waals surface area contributed by atoms with Crippen molar-refractivity contribution in [3.8, 4) is 23.1 Å². The number of hydrogen-bond acceptors (Lipinski definition) is 10. The van der Waals surface area contributed by atoms with E-state index in [4.69, 9.17) is 0 Å². The summed E-state index contributed by atoms with van der Waals surface area (Å²) in [6.07, 6.45) is 11.8. The third-order valence-corrected chi connectivity index (χ3v) is 5.47. The van der Waals surface area contributed by atoms with Gasteiger partial charge in [0, 0.05) is 62.6 Å². The number of nitrogens with zero attached hydrogens (tertiary/aromatic N) is 10. The molecular weight excluding hydrogens is 432 g/mol. The summed E-state index contributed by atoms with van der Waals surface area (Å²) in [7, 11) is 1.87. The molecule has 5 rings (SSSR count). The van der Waals surface area contributed by atoms with Gasteiger partial charge in [-0.05, 0) is 12.1 Å². The predicted octanol–water partition coefficient (Wildman–Crippen LogP) is 0.544. The zero-order valence-electron chi connectivity index (χ0n) is 18.5. The number of aromatic nitrogens is 8. The van der Waals surface area contributed by atoms with Crippen LogP contribution in [0.4, 0.5) is 11.9 Å². The van der Waals surface area contributed by atoms with Gasteiger partial charge in [-0.15, -0.1) is 0 Å². The van der Waals surface area contributed by atoms with E-state index >= 15 is 0 Å². The normalized spacial score (nSPS) is 15.6. The van der Waals surface area contributed by atoms with Crippen molar-refractivity contribution in [1.29, 1.82) is 0 Å². The molecule has 170 valence electrons. The number of rotatable bonds is 4. The van der Waals surface area contributed by atoms with E-state index in [1.54, 1.807) is 29.5 Å². The molecule has 1 atom stereocenters. The van der Waals surface area contributed by atoms with Gasteiger partial charge in [-0.1, -0.05) is 11.8 Å². The lowest BCUT2D eigenvalue weighted by Gasteiger charge is -2.40. The average molecular weight is 454 g/mol. The number of aryl methyl sites for hydroxylation is 1. The maximum absolute atomic E-state index is 9.88. The van der Waals surface area contributed by atoms with Crippen LogP contribution in [0.2, 0.25) is 0 Å². The Balaban J connectivity index is 1.24. The van der Waals surface area contributed by atoms with Gasteiger partial charge in [-0.3, -0.25) is 9.67 Å². The van der Waals surface area contributed by atoms with Crippen molar-refractivity contribution in [3.63, 3.8) is 0 Å². The molecule has 0 amide bonds. The van der Waals surface area contributed by atoms with Gasteiger partial charge >= 0.3 is 0 Å². The number of aliphatic hydroxyl groups is 1. The minimum absolute atomic E-state index is 0.0284. The van der Waals surface area contributed by atoms with E-state index in [9.17, 15) is 5.11 Å². The molecule has 0 aromatic carbocycles. The zero-order valence-corrected chi connectivity index (χ0v) is 18.5. The molecule has 0 radical (unpaired) electrons. The van der Waals surface area contributed by atoms with E-state index < -0.39 is 0 Å². The highest BCUT2D eigenvalue weighted by atomic mass is 16.3. The second kappa shape index (κ2) is 9.60. The fourth-order valence-electron chi connectivity index (χ4n) is 3.72. The van der Waals surface area contributed by atoms with Gasteiger partial charge in [0.15, 0.2) is 0 Å². The largest absolute Gasteiger partial charge is 0.394 e. The van der Waals surface area contributed by atoms with Gasteiger partial charge in [0.2, 0.25) is 11.9 Å². The molecule has 0 unspecified atom stereocenters. The standard InChI is InChI=1S/C23H22N10O/c1-31-12-19(11-30-31)21-5-4-17(8-25-21)2-3-18-9-26-22(27-10-18)32-6-7-33(20(13-32)14-34)23-28-15-24-16-29-23/h4-5,8-12,15-16,20,34H,6-7,13-14H2,1H3/t20-/m1/s1. The third-order valence-electron chi connectivity index (χ3n) is 5.47. The van der Waals surface area contributed by atoms with Crippen LogP contribution >= 0.6 is 0 Å². The summed E-state index contributed by atoms with van der Waals surface area (Å²) in [5.41, 5.74) is 3.33. The minimum atomic E-state index is -0.165. The van der Waals surface area contributed by atoms with E-state index in [1.807, 2.05) is 35.2 Å². The molecule has 0 spiro atoms. The van der Waals surface area contributed by atoms with E-state index in [0.29, 0.717) is 37.1 Å². The van der Waals surface area contributed by atoms with Crippen molar-refractivity contribution in [2.75, 3.05) is 36.0 Å². The van der Waals surface area contributed by atoms with Crippen molar-refractivity contribution in [3.05, 3.63) is 66.9 Å². The molecule has 34 heavy (non-hydrogen) atoms. The summed E-state index contributed by atoms with van der Waals surface area (Å²) in [5, 5.41) is 14.1. The lowest BCUT2D eigenvalue weighted by molar-refractivity contribution is 0.251. The molecule has 0 saturated carbocycles. The van der Waals surface area contributed by atoms with Crippen molar-refractivity contribution < 1.29 is 5.11 Å². The SMILES string of the molecule is Cn1cc(-c2ccc(C#Cc3cnc(N4CCN(c5ncncn5)[C@@H](CO)C4)nc3)cn2)cn1. The maximum atomic E-state index is 9.88. The summed E-state index contributed by atoms with van der Waals surface area (Å²) < 4.78 is 1.74. The van der Waals surface area contributed by atoms with E-state index in [2.05, 4.69) is 46.8 Å². The van der Waals surface area contributed by atoms with Gasteiger partial charge in [0.05, 0.1) is 30.1 Å². The van der Waals surface area contributed by atoms with Crippen LogP contribution in [-0.2, 0) is 7.05 Å². The Kier molecular flexibility index (Phi) is 6.05. The quantitative estimate of drug-likeness (QED) is 0.437. The Morgan fingerprint density at radius 3 is 2.35 bits per heavy atom. The van der Waals surface area contributed by atoms with Crippen molar-refractivity contribution in [2.45, 2.75) is 6.04 Å². The molecular formula is C23H22N10O. The van der Waals surface area contributed by atoms with Crippen LogP contribution in [0.3, 0.4) is 0 Å². The second-order valence-corrected chi connectivity index (χ2v) is 7.77. The molecule has 1 aliphatic rings. The molecule has 1 fully saturated rings. The van der Waals surface area contributed by atoms with Crippen LogP contribution in [0.15, 0.2) is 55.8 Å². The molecule has 11 heteroatoms. The van der Waals surface area contributed by atoms with Gasteiger partial charge < -0.3 is 14.9 Å². The average Bonchev–Trinajstić information content (AvgIpc) is 3.34. The van der Waals surface area contributed by atoms with Crippen molar-refractivity contribution >= 4 is 11.9 Å². The van der Waals surface area contributed by atoms with Gasteiger partial charge in [-0.25, -0.2) is 24.9 Å². The Morgan fingerprint density at radius 1 is 0.912 bits per heavy atom. The highest BCUT2D eigenvalue weighted by molar-refractivity contribution is 5.57. The lowest BCUT2D eigenvalue weighted by atomic mass is 10.2. The number of aliphatic hydroxyl groups excluding tert-OH is 1. The van der Waals surface area contributed by atoms with Crippen LogP contribution in [0, 0.1) is 11.8 Å². The summed E-state index contributed by atoms with van der Waals surface area (Å²) in [4.78, 5) is 29.7. The minimum Gasteiger partial charge on any atom is -0.394 e. The smallest absolute Gasteiger partial charge is 0.228 e. The summed E-state index contributed by atoms with van der Waals surface area (Å²) in [6, 6.07) is 3.69. The van der Waals surface area contributed by atoms with E-state index in [0.717, 1.165) is 16.8 Å². The predicted molar refractivity (Wildman–Crippen MR) is 125 cm³/mol. The zero-order chi connectivity index (χ0) is 23.3. The molecule has 5 heterocycles. The molecule has 1 saturated heterocycles. The molecule has 11 nitrogen and oxygen atoms in total. The molecule has 1 N–H and O–H groups in total. The lowest BCUT2D eigenvalue weighted by Crippen LogP contribution is -2.56. The summed E-state index contributed by atoms with van der Waals surface area (Å²) >= 11 is 0.